The van der Waals surface area contributed by atoms with Crippen LogP contribution in [-0.2, 0) is 28.2 Å². The number of allylic oxidation sites excluding steroid dienone is 1. The zero-order valence-electron chi connectivity index (χ0n) is 16.9. The highest BCUT2D eigenvalue weighted by atomic mass is 32.2. The van der Waals surface area contributed by atoms with Crippen molar-refractivity contribution in [3.63, 3.8) is 0 Å². The number of benzene rings is 1. The number of nitrogens with one attached hydrogen (secondary N) is 1. The molecule has 1 atom stereocenters. The predicted molar refractivity (Wildman–Crippen MR) is 110 cm³/mol. The van der Waals surface area contributed by atoms with Crippen molar-refractivity contribution in [3.05, 3.63) is 71.8 Å². The van der Waals surface area contributed by atoms with Gasteiger partial charge < -0.3 is 10.5 Å². The number of nitrogens with two attached hydrogens (primary N) is 1. The first-order valence-corrected chi connectivity index (χ1v) is 10.7. The molecule has 0 spiro atoms. The van der Waals surface area contributed by atoms with Crippen molar-refractivity contribution in [2.75, 3.05) is 19.7 Å². The molecule has 30 heavy (non-hydrogen) atoms. The van der Waals surface area contributed by atoms with Gasteiger partial charge in [-0.2, -0.15) is 5.10 Å². The first kappa shape index (κ1) is 23.7. The third-order valence-corrected chi connectivity index (χ3v) is 5.81. The van der Waals surface area contributed by atoms with Gasteiger partial charge in [-0.25, -0.2) is 21.9 Å². The van der Waals surface area contributed by atoms with E-state index in [2.05, 4.69) is 16.4 Å². The van der Waals surface area contributed by atoms with Gasteiger partial charge in [0.25, 0.3) is 0 Å². The molecule has 0 aliphatic carbocycles. The lowest BCUT2D eigenvalue weighted by Crippen LogP contribution is -2.27. The van der Waals surface area contributed by atoms with Gasteiger partial charge in [0.1, 0.15) is 28.9 Å². The van der Waals surface area contributed by atoms with Gasteiger partial charge in [0, 0.05) is 25.9 Å². The molecule has 0 radical (unpaired) electrons. The largest absolute Gasteiger partial charge is 0.493 e. The van der Waals surface area contributed by atoms with E-state index in [9.17, 15) is 17.2 Å². The van der Waals surface area contributed by atoms with Gasteiger partial charge in [0.15, 0.2) is 0 Å². The molecule has 164 valence electrons. The van der Waals surface area contributed by atoms with Crippen LogP contribution in [0, 0.1) is 17.6 Å². The maximum Gasteiger partial charge on any atom is 0.243 e. The van der Waals surface area contributed by atoms with Gasteiger partial charge in [-0.05, 0) is 49.6 Å². The van der Waals surface area contributed by atoms with Crippen LogP contribution in [0.4, 0.5) is 8.78 Å². The number of hydrogen-bond donors (Lipinski definition) is 2. The second kappa shape index (κ2) is 10.5. The molecule has 7 nitrogen and oxygen atoms in total. The van der Waals surface area contributed by atoms with E-state index in [0.29, 0.717) is 17.7 Å². The Hall–Kier alpha value is -2.56. The summed E-state index contributed by atoms with van der Waals surface area (Å²) in [7, 11) is -2.03. The third-order valence-electron chi connectivity index (χ3n) is 4.39. The first-order valence-electron chi connectivity index (χ1n) is 9.24. The second-order valence-electron chi connectivity index (χ2n) is 6.87. The fourth-order valence-corrected chi connectivity index (χ4v) is 3.83. The number of aryl methyl sites for hydroxylation is 1. The van der Waals surface area contributed by atoms with Crippen LogP contribution < -0.4 is 10.5 Å². The van der Waals surface area contributed by atoms with E-state index in [1.165, 1.54) is 29.2 Å². The van der Waals surface area contributed by atoms with Gasteiger partial charge in [-0.1, -0.05) is 12.2 Å². The van der Waals surface area contributed by atoms with Crippen molar-refractivity contribution in [3.8, 4) is 0 Å². The molecule has 0 aliphatic heterocycles. The molecule has 0 saturated carbocycles. The van der Waals surface area contributed by atoms with E-state index >= 15 is 0 Å². The van der Waals surface area contributed by atoms with Crippen molar-refractivity contribution in [1.82, 2.24) is 14.5 Å². The summed E-state index contributed by atoms with van der Waals surface area (Å²) < 4.78 is 60.2. The molecule has 0 fully saturated rings. The molecule has 0 amide bonds. The van der Waals surface area contributed by atoms with Gasteiger partial charge in [0.2, 0.25) is 10.0 Å². The Morgan fingerprint density at radius 2 is 2.03 bits per heavy atom. The summed E-state index contributed by atoms with van der Waals surface area (Å²) >= 11 is 0. The molecule has 1 aromatic carbocycles. The fraction of sp³-hybridized carbons (Fsp3) is 0.350. The second-order valence-corrected chi connectivity index (χ2v) is 8.63. The lowest BCUT2D eigenvalue weighted by molar-refractivity contribution is 0.231. The molecular formula is C20H26F2N4O3S. The maximum absolute atomic E-state index is 13.4. The Morgan fingerprint density at radius 3 is 2.60 bits per heavy atom. The topological polar surface area (TPSA) is 99.2 Å². The number of rotatable bonds is 11. The van der Waals surface area contributed by atoms with E-state index in [0.717, 1.165) is 11.6 Å². The zero-order chi connectivity index (χ0) is 22.3. The average molecular weight is 441 g/mol. The number of sulfonamides is 1. The SMILES string of the molecule is C=C(C=C(C)C(CN)Cc1cc(F)cc(F)c1)OCCNS(=O)(=O)c1cnn(C)c1. The van der Waals surface area contributed by atoms with Crippen molar-refractivity contribution < 1.29 is 21.9 Å². The lowest BCUT2D eigenvalue weighted by atomic mass is 9.92. The highest BCUT2D eigenvalue weighted by Gasteiger charge is 2.15. The normalized spacial score (nSPS) is 13.3. The van der Waals surface area contributed by atoms with E-state index in [1.54, 1.807) is 13.1 Å². The fourth-order valence-electron chi connectivity index (χ4n) is 2.84. The van der Waals surface area contributed by atoms with Crippen molar-refractivity contribution in [2.45, 2.75) is 18.2 Å². The minimum atomic E-state index is -3.66. The Kier molecular flexibility index (Phi) is 8.27. The highest BCUT2D eigenvalue weighted by molar-refractivity contribution is 7.89. The van der Waals surface area contributed by atoms with E-state index in [4.69, 9.17) is 10.5 Å². The van der Waals surface area contributed by atoms with Crippen LogP contribution in [0.2, 0.25) is 0 Å². The molecule has 2 rings (SSSR count). The summed E-state index contributed by atoms with van der Waals surface area (Å²) in [5.41, 5.74) is 7.16. The van der Waals surface area contributed by atoms with Crippen molar-refractivity contribution >= 4 is 10.0 Å². The summed E-state index contributed by atoms with van der Waals surface area (Å²) in [4.78, 5) is 0.0686. The summed E-state index contributed by atoms with van der Waals surface area (Å²) in [6.45, 7) is 6.02. The molecule has 3 N–H and O–H groups in total. The molecule has 1 heterocycles. The maximum atomic E-state index is 13.4. The van der Waals surface area contributed by atoms with Crippen molar-refractivity contribution in [1.29, 1.82) is 0 Å². The van der Waals surface area contributed by atoms with Crippen LogP contribution in [0.5, 0.6) is 0 Å². The first-order chi connectivity index (χ1) is 14.1. The quantitative estimate of drug-likeness (QED) is 0.317. The van der Waals surface area contributed by atoms with Crippen LogP contribution in [0.3, 0.4) is 0 Å². The molecule has 0 saturated heterocycles. The zero-order valence-corrected chi connectivity index (χ0v) is 17.8. The monoisotopic (exact) mass is 440 g/mol. The summed E-state index contributed by atoms with van der Waals surface area (Å²) in [6, 6.07) is 3.37. The third kappa shape index (κ3) is 7.05. The number of aromatic nitrogens is 2. The summed E-state index contributed by atoms with van der Waals surface area (Å²) in [5.74, 6) is -1.10. The van der Waals surface area contributed by atoms with E-state index in [1.807, 2.05) is 6.92 Å². The Balaban J connectivity index is 1.86. The molecule has 0 aliphatic rings. The summed E-state index contributed by atoms with van der Waals surface area (Å²) in [5, 5.41) is 3.83. The van der Waals surface area contributed by atoms with Crippen LogP contribution in [0.15, 0.2) is 59.5 Å². The van der Waals surface area contributed by atoms with Gasteiger partial charge in [0.05, 0.1) is 6.20 Å². The van der Waals surface area contributed by atoms with Gasteiger partial charge in [-0.3, -0.25) is 4.68 Å². The van der Waals surface area contributed by atoms with Crippen LogP contribution in [0.25, 0.3) is 0 Å². The van der Waals surface area contributed by atoms with E-state index in [-0.39, 0.29) is 30.5 Å². The molecular weight excluding hydrogens is 414 g/mol. The Labute approximate surface area is 175 Å². The molecule has 10 heteroatoms. The van der Waals surface area contributed by atoms with Crippen LogP contribution in [-0.4, -0.2) is 37.9 Å². The smallest absolute Gasteiger partial charge is 0.243 e. The average Bonchev–Trinajstić information content (AvgIpc) is 3.10. The standard InChI is InChI=1S/C20H26F2N4O3S/c1-14(17(11-23)7-16-8-18(21)10-19(22)9-16)6-15(2)29-5-4-25-30(27,28)20-12-24-26(3)13-20/h6,8-10,12-13,17,25H,2,4-5,7,11,23H2,1,3H3. The molecule has 1 unspecified atom stereocenters. The number of nitrogens with zero attached hydrogens (tertiary/aromatic N) is 2. The minimum absolute atomic E-state index is 0.0476. The van der Waals surface area contributed by atoms with Crippen LogP contribution >= 0.6 is 0 Å². The number of ether oxygens (including phenoxy) is 1. The Morgan fingerprint density at radius 1 is 1.37 bits per heavy atom. The van der Waals surface area contributed by atoms with Gasteiger partial charge in [-0.15, -0.1) is 0 Å². The molecule has 1 aromatic heterocycles. The molecule has 2 aromatic rings. The highest BCUT2D eigenvalue weighted by Crippen LogP contribution is 2.19. The minimum Gasteiger partial charge on any atom is -0.493 e. The van der Waals surface area contributed by atoms with Crippen molar-refractivity contribution in [2.24, 2.45) is 18.7 Å². The van der Waals surface area contributed by atoms with Gasteiger partial charge >= 0.3 is 0 Å². The van der Waals surface area contributed by atoms with E-state index < -0.39 is 21.7 Å². The predicted octanol–water partition coefficient (Wildman–Crippen LogP) is 2.27. The number of hydrogen-bond acceptors (Lipinski definition) is 5. The Bertz CT molecular complexity index is 999. The van der Waals surface area contributed by atoms with Crippen LogP contribution in [0.1, 0.15) is 12.5 Å². The number of halogens is 2. The lowest BCUT2D eigenvalue weighted by Gasteiger charge is -2.17. The summed E-state index contributed by atoms with van der Waals surface area (Å²) in [6.07, 6.45) is 4.70. The molecule has 0 bridgehead atoms.